The number of carboxylic acid groups (broad SMARTS) is 1. The molecule has 0 spiro atoms. The van der Waals surface area contributed by atoms with Gasteiger partial charge in [-0.25, -0.2) is 9.59 Å². The molecule has 2 saturated carbocycles. The molecule has 7 heteroatoms. The van der Waals surface area contributed by atoms with Crippen LogP contribution in [0.25, 0.3) is 11.1 Å². The van der Waals surface area contributed by atoms with E-state index in [1.165, 1.54) is 22.3 Å². The minimum absolute atomic E-state index is 0.0195. The molecule has 0 radical (unpaired) electrons. The fourth-order valence-corrected chi connectivity index (χ4v) is 5.85. The van der Waals surface area contributed by atoms with Gasteiger partial charge in [-0.15, -0.1) is 0 Å². The van der Waals surface area contributed by atoms with Gasteiger partial charge < -0.3 is 20.5 Å². The molecule has 1 unspecified atom stereocenters. The number of carboxylic acids is 1. The van der Waals surface area contributed by atoms with Gasteiger partial charge in [0.25, 0.3) is 0 Å². The zero-order chi connectivity index (χ0) is 24.4. The molecule has 2 aromatic rings. The quantitative estimate of drug-likeness (QED) is 0.522. The number of aliphatic carboxylic acids is 1. The topological polar surface area (TPSA) is 105 Å². The molecule has 5 rings (SSSR count). The van der Waals surface area contributed by atoms with Crippen LogP contribution in [-0.2, 0) is 14.3 Å². The number of amides is 2. The maximum absolute atomic E-state index is 12.6. The molecule has 0 aromatic heterocycles. The first-order chi connectivity index (χ1) is 17.0. The highest BCUT2D eigenvalue weighted by Crippen LogP contribution is 2.44. The lowest BCUT2D eigenvalue weighted by Crippen LogP contribution is -2.48. The summed E-state index contributed by atoms with van der Waals surface area (Å²) >= 11 is 0. The van der Waals surface area contributed by atoms with Gasteiger partial charge in [0.05, 0.1) is 0 Å². The van der Waals surface area contributed by atoms with Crippen LogP contribution in [0.4, 0.5) is 4.79 Å². The summed E-state index contributed by atoms with van der Waals surface area (Å²) in [5.41, 5.74) is 4.73. The van der Waals surface area contributed by atoms with Crippen molar-refractivity contribution in [2.45, 2.75) is 62.9 Å². The average molecular weight is 477 g/mol. The van der Waals surface area contributed by atoms with Gasteiger partial charge in [-0.3, -0.25) is 4.79 Å². The second-order valence-corrected chi connectivity index (χ2v) is 10.1. The van der Waals surface area contributed by atoms with Gasteiger partial charge >= 0.3 is 12.1 Å². The van der Waals surface area contributed by atoms with E-state index in [-0.39, 0.29) is 36.3 Å². The molecule has 0 aliphatic heterocycles. The van der Waals surface area contributed by atoms with Gasteiger partial charge in [-0.2, -0.15) is 0 Å². The van der Waals surface area contributed by atoms with E-state index in [2.05, 4.69) is 34.9 Å². The fraction of sp³-hybridized carbons (Fsp3) is 0.464. The first-order valence-corrected chi connectivity index (χ1v) is 12.6. The third kappa shape index (κ3) is 5.04. The van der Waals surface area contributed by atoms with E-state index < -0.39 is 18.1 Å². The van der Waals surface area contributed by atoms with Crippen LogP contribution in [0.15, 0.2) is 48.5 Å². The summed E-state index contributed by atoms with van der Waals surface area (Å²) in [6.45, 7) is 0.274. The van der Waals surface area contributed by atoms with Crippen LogP contribution in [0.3, 0.4) is 0 Å². The van der Waals surface area contributed by atoms with Gasteiger partial charge in [-0.1, -0.05) is 55.0 Å². The van der Waals surface area contributed by atoms with Gasteiger partial charge in [0.2, 0.25) is 5.91 Å². The molecule has 3 N–H and O–H groups in total. The highest BCUT2D eigenvalue weighted by Gasteiger charge is 2.35. The summed E-state index contributed by atoms with van der Waals surface area (Å²) in [4.78, 5) is 36.5. The Morgan fingerprint density at radius 3 is 2.20 bits per heavy atom. The van der Waals surface area contributed by atoms with Crippen molar-refractivity contribution in [2.24, 2.45) is 11.8 Å². The third-order valence-corrected chi connectivity index (χ3v) is 7.88. The van der Waals surface area contributed by atoms with Crippen molar-refractivity contribution in [1.82, 2.24) is 10.6 Å². The summed E-state index contributed by atoms with van der Waals surface area (Å²) in [5.74, 6) is -0.973. The molecule has 0 saturated heterocycles. The van der Waals surface area contributed by atoms with Crippen molar-refractivity contribution in [3.8, 4) is 11.1 Å². The largest absolute Gasteiger partial charge is 0.480 e. The van der Waals surface area contributed by atoms with Crippen LogP contribution < -0.4 is 10.6 Å². The Morgan fingerprint density at radius 2 is 1.60 bits per heavy atom. The van der Waals surface area contributed by atoms with Crippen LogP contribution in [0.2, 0.25) is 0 Å². The Balaban J connectivity index is 1.09. The van der Waals surface area contributed by atoms with E-state index in [0.29, 0.717) is 12.8 Å². The highest BCUT2D eigenvalue weighted by molar-refractivity contribution is 5.84. The monoisotopic (exact) mass is 476 g/mol. The number of hydrogen-bond acceptors (Lipinski definition) is 4. The Morgan fingerprint density at radius 1 is 0.943 bits per heavy atom. The van der Waals surface area contributed by atoms with Gasteiger partial charge in [-0.05, 0) is 66.2 Å². The zero-order valence-electron chi connectivity index (χ0n) is 19.7. The summed E-state index contributed by atoms with van der Waals surface area (Å²) in [6, 6.07) is 15.6. The maximum Gasteiger partial charge on any atom is 0.407 e. The van der Waals surface area contributed by atoms with Crippen molar-refractivity contribution in [1.29, 1.82) is 0 Å². The molecule has 3 aliphatic carbocycles. The molecular formula is C28H32N2O5. The van der Waals surface area contributed by atoms with Crippen LogP contribution in [0.1, 0.15) is 62.0 Å². The van der Waals surface area contributed by atoms with E-state index in [0.717, 1.165) is 32.1 Å². The van der Waals surface area contributed by atoms with Crippen molar-refractivity contribution in [3.05, 3.63) is 59.7 Å². The lowest BCUT2D eigenvalue weighted by Gasteiger charge is -2.31. The summed E-state index contributed by atoms with van der Waals surface area (Å²) in [6.07, 6.45) is 4.89. The van der Waals surface area contributed by atoms with Gasteiger partial charge in [0.15, 0.2) is 0 Å². The Labute approximate surface area is 205 Å². The molecule has 2 fully saturated rings. The molecule has 2 aromatic carbocycles. The van der Waals surface area contributed by atoms with Crippen LogP contribution >= 0.6 is 0 Å². The molecule has 184 valence electrons. The Hall–Kier alpha value is -3.35. The number of benzene rings is 2. The molecule has 2 amide bonds. The second-order valence-electron chi connectivity index (χ2n) is 10.1. The number of carbonyl (C=O) groups excluding carboxylic acids is 2. The van der Waals surface area contributed by atoms with E-state index in [4.69, 9.17) is 4.74 Å². The number of hydrogen-bond donors (Lipinski definition) is 3. The maximum atomic E-state index is 12.6. The Bertz CT molecular complexity index is 1070. The molecule has 0 bridgehead atoms. The van der Waals surface area contributed by atoms with E-state index in [1.54, 1.807) is 0 Å². The van der Waals surface area contributed by atoms with Crippen LogP contribution in [0.5, 0.6) is 0 Å². The van der Waals surface area contributed by atoms with Crippen molar-refractivity contribution >= 4 is 18.0 Å². The SMILES string of the molecule is O=C(C[C@@H]1CC[C@H](NC(=O)OCC2c3ccccc3-c3ccccc32)C1)NC(C(=O)O)C1CCC1. The van der Waals surface area contributed by atoms with Crippen molar-refractivity contribution in [2.75, 3.05) is 6.61 Å². The summed E-state index contributed by atoms with van der Waals surface area (Å²) in [5, 5.41) is 15.1. The first kappa shape index (κ1) is 23.4. The minimum atomic E-state index is -0.954. The number of alkyl carbamates (subject to hydrolysis) is 1. The lowest BCUT2D eigenvalue weighted by molar-refractivity contribution is -0.144. The standard InChI is InChI=1S/C28H32N2O5/c31-25(30-26(27(32)33)18-6-5-7-18)15-17-12-13-19(14-17)29-28(34)35-16-24-22-10-3-1-8-20(22)21-9-2-4-11-23(21)24/h1-4,8-11,17-19,24,26H,5-7,12-16H2,(H,29,34)(H,30,31)(H,32,33)/t17-,19+,26?/m1/s1. The normalized spacial score (nSPS) is 21.9. The molecule has 7 nitrogen and oxygen atoms in total. The van der Waals surface area contributed by atoms with Crippen molar-refractivity contribution < 1.29 is 24.2 Å². The average Bonchev–Trinajstić information content (AvgIpc) is 3.37. The number of ether oxygens (including phenoxy) is 1. The van der Waals surface area contributed by atoms with Crippen LogP contribution in [0, 0.1) is 11.8 Å². The molecule has 0 heterocycles. The van der Waals surface area contributed by atoms with E-state index >= 15 is 0 Å². The highest BCUT2D eigenvalue weighted by atomic mass is 16.5. The molecule has 3 atom stereocenters. The second kappa shape index (κ2) is 10.1. The number of nitrogens with one attached hydrogen (secondary N) is 2. The summed E-state index contributed by atoms with van der Waals surface area (Å²) < 4.78 is 5.65. The molecule has 3 aliphatic rings. The number of fused-ring (bicyclic) bond motifs is 3. The molecular weight excluding hydrogens is 444 g/mol. The third-order valence-electron chi connectivity index (χ3n) is 7.88. The zero-order valence-corrected chi connectivity index (χ0v) is 19.7. The van der Waals surface area contributed by atoms with Crippen LogP contribution in [-0.4, -0.2) is 41.8 Å². The molecule has 35 heavy (non-hydrogen) atoms. The predicted molar refractivity (Wildman–Crippen MR) is 131 cm³/mol. The first-order valence-electron chi connectivity index (χ1n) is 12.6. The van der Waals surface area contributed by atoms with E-state index in [1.807, 2.05) is 24.3 Å². The lowest BCUT2D eigenvalue weighted by atomic mass is 9.79. The van der Waals surface area contributed by atoms with Gasteiger partial charge in [0.1, 0.15) is 12.6 Å². The number of rotatable bonds is 8. The number of carbonyl (C=O) groups is 3. The van der Waals surface area contributed by atoms with Gasteiger partial charge in [0, 0.05) is 18.4 Å². The fourth-order valence-electron chi connectivity index (χ4n) is 5.85. The van der Waals surface area contributed by atoms with E-state index in [9.17, 15) is 19.5 Å². The Kier molecular flexibility index (Phi) is 6.75. The summed E-state index contributed by atoms with van der Waals surface area (Å²) in [7, 11) is 0. The smallest absolute Gasteiger partial charge is 0.407 e. The van der Waals surface area contributed by atoms with Crippen molar-refractivity contribution in [3.63, 3.8) is 0 Å². The minimum Gasteiger partial charge on any atom is -0.480 e. The predicted octanol–water partition coefficient (Wildman–Crippen LogP) is 4.45.